The fourth-order valence-electron chi connectivity index (χ4n) is 1.09. The Morgan fingerprint density at radius 2 is 2.36 bits per heavy atom. The van der Waals surface area contributed by atoms with Crippen molar-refractivity contribution in [1.29, 1.82) is 0 Å². The summed E-state index contributed by atoms with van der Waals surface area (Å²) in [5, 5.41) is 13.0. The van der Waals surface area contributed by atoms with Crippen LogP contribution >= 0.6 is 11.8 Å². The first-order chi connectivity index (χ1) is 6.74. The lowest BCUT2D eigenvalue weighted by molar-refractivity contribution is 0.296. The molecule has 0 unspecified atom stereocenters. The average molecular weight is 214 g/mol. The van der Waals surface area contributed by atoms with Gasteiger partial charge in [0, 0.05) is 24.6 Å². The van der Waals surface area contributed by atoms with Crippen LogP contribution < -0.4 is 0 Å². The van der Waals surface area contributed by atoms with Gasteiger partial charge in [0.2, 0.25) is 0 Å². The Bertz CT molecular complexity index is 260. The van der Waals surface area contributed by atoms with Crippen LogP contribution in [0.15, 0.2) is 12.3 Å². The highest BCUT2D eigenvalue weighted by Gasteiger charge is 2.01. The third kappa shape index (κ3) is 3.72. The molecule has 0 aliphatic rings. The SMILES string of the molecule is CC(C)n1ccc(CSCCCO)n1. The van der Waals surface area contributed by atoms with Crippen LogP contribution in [0.1, 0.15) is 32.0 Å². The number of aliphatic hydroxyl groups is 1. The molecule has 1 aromatic rings. The van der Waals surface area contributed by atoms with E-state index in [0.717, 1.165) is 23.6 Å². The maximum Gasteiger partial charge on any atom is 0.0723 e. The molecule has 0 aliphatic heterocycles. The summed E-state index contributed by atoms with van der Waals surface area (Å²) in [5.41, 5.74) is 1.13. The van der Waals surface area contributed by atoms with Crippen molar-refractivity contribution in [3.8, 4) is 0 Å². The van der Waals surface area contributed by atoms with Crippen LogP contribution in [0.3, 0.4) is 0 Å². The maximum absolute atomic E-state index is 8.61. The zero-order valence-electron chi connectivity index (χ0n) is 8.81. The highest BCUT2D eigenvalue weighted by atomic mass is 32.2. The number of thioether (sulfide) groups is 1. The number of hydrogen-bond acceptors (Lipinski definition) is 3. The minimum absolute atomic E-state index is 0.285. The molecule has 0 amide bonds. The molecule has 3 nitrogen and oxygen atoms in total. The van der Waals surface area contributed by atoms with Crippen molar-refractivity contribution >= 4 is 11.8 Å². The van der Waals surface area contributed by atoms with E-state index in [9.17, 15) is 0 Å². The molecule has 1 N–H and O–H groups in total. The van der Waals surface area contributed by atoms with E-state index in [0.29, 0.717) is 6.04 Å². The van der Waals surface area contributed by atoms with Gasteiger partial charge in [-0.05, 0) is 32.1 Å². The van der Waals surface area contributed by atoms with Crippen LogP contribution in [0.5, 0.6) is 0 Å². The minimum Gasteiger partial charge on any atom is -0.396 e. The number of hydrogen-bond donors (Lipinski definition) is 1. The molecule has 0 radical (unpaired) electrons. The number of aromatic nitrogens is 2. The highest BCUT2D eigenvalue weighted by Crippen LogP contribution is 2.12. The van der Waals surface area contributed by atoms with Gasteiger partial charge in [0.15, 0.2) is 0 Å². The third-order valence-corrected chi connectivity index (χ3v) is 2.97. The van der Waals surface area contributed by atoms with Crippen molar-refractivity contribution in [2.24, 2.45) is 0 Å². The molecule has 0 saturated carbocycles. The molecule has 1 rings (SSSR count). The summed E-state index contributed by atoms with van der Waals surface area (Å²) in [6, 6.07) is 2.50. The fourth-order valence-corrected chi connectivity index (χ4v) is 1.93. The Balaban J connectivity index is 2.29. The van der Waals surface area contributed by atoms with Gasteiger partial charge < -0.3 is 5.11 Å². The Morgan fingerprint density at radius 1 is 1.57 bits per heavy atom. The summed E-state index contributed by atoms with van der Waals surface area (Å²) in [6.45, 7) is 4.53. The van der Waals surface area contributed by atoms with E-state index in [1.807, 2.05) is 22.6 Å². The van der Waals surface area contributed by atoms with E-state index in [1.54, 1.807) is 0 Å². The Labute approximate surface area is 89.5 Å². The van der Waals surface area contributed by atoms with Gasteiger partial charge >= 0.3 is 0 Å². The number of rotatable bonds is 6. The van der Waals surface area contributed by atoms with Gasteiger partial charge in [-0.2, -0.15) is 16.9 Å². The lowest BCUT2D eigenvalue weighted by atomic mass is 10.4. The van der Waals surface area contributed by atoms with E-state index in [2.05, 4.69) is 25.0 Å². The first-order valence-electron chi connectivity index (χ1n) is 4.96. The van der Waals surface area contributed by atoms with Crippen LogP contribution in [0.4, 0.5) is 0 Å². The average Bonchev–Trinajstić information content (AvgIpc) is 2.61. The van der Waals surface area contributed by atoms with Gasteiger partial charge in [-0.1, -0.05) is 0 Å². The van der Waals surface area contributed by atoms with Crippen LogP contribution in [0, 0.1) is 0 Å². The smallest absolute Gasteiger partial charge is 0.0723 e. The first-order valence-corrected chi connectivity index (χ1v) is 6.12. The number of nitrogens with zero attached hydrogens (tertiary/aromatic N) is 2. The molecule has 0 atom stereocenters. The van der Waals surface area contributed by atoms with Crippen molar-refractivity contribution in [2.45, 2.75) is 32.1 Å². The van der Waals surface area contributed by atoms with Crippen LogP contribution in [-0.4, -0.2) is 27.2 Å². The normalized spacial score (nSPS) is 11.1. The second kappa shape index (κ2) is 6.09. The van der Waals surface area contributed by atoms with Crippen molar-refractivity contribution in [1.82, 2.24) is 9.78 Å². The lowest BCUT2D eigenvalue weighted by Gasteiger charge is -2.03. The molecule has 0 bridgehead atoms. The Kier molecular flexibility index (Phi) is 5.04. The van der Waals surface area contributed by atoms with E-state index >= 15 is 0 Å². The number of aliphatic hydroxyl groups excluding tert-OH is 1. The van der Waals surface area contributed by atoms with E-state index < -0.39 is 0 Å². The summed E-state index contributed by atoms with van der Waals surface area (Å²) >= 11 is 1.82. The highest BCUT2D eigenvalue weighted by molar-refractivity contribution is 7.98. The molecule has 1 aromatic heterocycles. The van der Waals surface area contributed by atoms with Crippen LogP contribution in [0.25, 0.3) is 0 Å². The molecule has 80 valence electrons. The van der Waals surface area contributed by atoms with E-state index in [1.165, 1.54) is 0 Å². The predicted molar refractivity (Wildman–Crippen MR) is 60.5 cm³/mol. The van der Waals surface area contributed by atoms with Gasteiger partial charge in [-0.25, -0.2) is 0 Å². The molecular formula is C10H18N2OS. The predicted octanol–water partition coefficient (Wildman–Crippen LogP) is 2.08. The summed E-state index contributed by atoms with van der Waals surface area (Å²) in [4.78, 5) is 0. The summed E-state index contributed by atoms with van der Waals surface area (Å²) < 4.78 is 1.97. The van der Waals surface area contributed by atoms with Crippen molar-refractivity contribution in [3.05, 3.63) is 18.0 Å². The van der Waals surface area contributed by atoms with Crippen molar-refractivity contribution in [3.63, 3.8) is 0 Å². The summed E-state index contributed by atoms with van der Waals surface area (Å²) in [6.07, 6.45) is 2.89. The van der Waals surface area contributed by atoms with Crippen LogP contribution in [0.2, 0.25) is 0 Å². The van der Waals surface area contributed by atoms with Crippen molar-refractivity contribution in [2.75, 3.05) is 12.4 Å². The first kappa shape index (κ1) is 11.6. The molecule has 14 heavy (non-hydrogen) atoms. The molecule has 1 heterocycles. The molecule has 0 aromatic carbocycles. The van der Waals surface area contributed by atoms with Crippen molar-refractivity contribution < 1.29 is 5.11 Å². The molecule has 0 spiro atoms. The summed E-state index contributed by atoms with van der Waals surface area (Å²) in [5.74, 6) is 1.95. The van der Waals surface area contributed by atoms with Gasteiger partial charge in [-0.3, -0.25) is 4.68 Å². The zero-order valence-corrected chi connectivity index (χ0v) is 9.63. The minimum atomic E-state index is 0.285. The standard InChI is InChI=1S/C10H18N2OS/c1-9(2)12-5-4-10(11-12)8-14-7-3-6-13/h4-5,9,13H,3,6-8H2,1-2H3. The molecule has 0 fully saturated rings. The van der Waals surface area contributed by atoms with E-state index in [-0.39, 0.29) is 6.61 Å². The molecular weight excluding hydrogens is 196 g/mol. The quantitative estimate of drug-likeness (QED) is 0.737. The van der Waals surface area contributed by atoms with Crippen LogP contribution in [-0.2, 0) is 5.75 Å². The molecule has 0 aliphatic carbocycles. The Hall–Kier alpha value is -0.480. The largest absolute Gasteiger partial charge is 0.396 e. The maximum atomic E-state index is 8.61. The van der Waals surface area contributed by atoms with Gasteiger partial charge in [0.1, 0.15) is 0 Å². The third-order valence-electron chi connectivity index (χ3n) is 1.89. The van der Waals surface area contributed by atoms with Gasteiger partial charge in [0.25, 0.3) is 0 Å². The zero-order chi connectivity index (χ0) is 10.4. The second-order valence-electron chi connectivity index (χ2n) is 3.51. The monoisotopic (exact) mass is 214 g/mol. The fraction of sp³-hybridized carbons (Fsp3) is 0.700. The second-order valence-corrected chi connectivity index (χ2v) is 4.62. The van der Waals surface area contributed by atoms with Gasteiger partial charge in [0.05, 0.1) is 5.69 Å². The van der Waals surface area contributed by atoms with E-state index in [4.69, 9.17) is 5.11 Å². The topological polar surface area (TPSA) is 38.0 Å². The van der Waals surface area contributed by atoms with Gasteiger partial charge in [-0.15, -0.1) is 0 Å². The Morgan fingerprint density at radius 3 is 2.93 bits per heavy atom. The molecule has 0 saturated heterocycles. The summed E-state index contributed by atoms with van der Waals surface area (Å²) in [7, 11) is 0. The lowest BCUT2D eigenvalue weighted by Crippen LogP contribution is -2.01. The molecule has 4 heteroatoms.